The Morgan fingerprint density at radius 1 is 0.964 bits per heavy atom. The molecule has 2 aliphatic rings. The van der Waals surface area contributed by atoms with Gasteiger partial charge in [-0.2, -0.15) is 0 Å². The van der Waals surface area contributed by atoms with E-state index in [2.05, 4.69) is 36.1 Å². The summed E-state index contributed by atoms with van der Waals surface area (Å²) in [5.41, 5.74) is 3.43. The molecule has 0 unspecified atom stereocenters. The van der Waals surface area contributed by atoms with Crippen molar-refractivity contribution in [3.8, 4) is 11.5 Å². The lowest BCUT2D eigenvalue weighted by molar-refractivity contribution is -0.126. The number of amides is 1. The predicted molar refractivity (Wildman–Crippen MR) is 111 cm³/mol. The minimum atomic E-state index is 0.0519. The summed E-state index contributed by atoms with van der Waals surface area (Å²) in [4.78, 5) is 16.8. The normalized spacial score (nSPS) is 16.9. The van der Waals surface area contributed by atoms with E-state index in [-0.39, 0.29) is 5.91 Å². The van der Waals surface area contributed by atoms with Gasteiger partial charge in [-0.05, 0) is 48.4 Å². The van der Waals surface area contributed by atoms with Crippen LogP contribution in [-0.2, 0) is 4.79 Å². The number of piperazine rings is 1. The van der Waals surface area contributed by atoms with E-state index in [1.165, 1.54) is 11.3 Å². The second-order valence-electron chi connectivity index (χ2n) is 7.24. The van der Waals surface area contributed by atoms with E-state index in [1.807, 2.05) is 29.2 Å². The molecule has 28 heavy (non-hydrogen) atoms. The molecule has 1 saturated heterocycles. The van der Waals surface area contributed by atoms with Crippen LogP contribution in [0, 0.1) is 6.92 Å². The van der Waals surface area contributed by atoms with Gasteiger partial charge >= 0.3 is 0 Å². The van der Waals surface area contributed by atoms with Crippen molar-refractivity contribution in [2.75, 3.05) is 44.3 Å². The van der Waals surface area contributed by atoms with Gasteiger partial charge in [0.1, 0.15) is 0 Å². The molecule has 4 rings (SSSR count). The SMILES string of the molecule is Cc1cccc(N2CCN(C(=O)C=Cc3ccc4c(c3)OCCCO4)CC2)c1. The first-order valence-electron chi connectivity index (χ1n) is 9.87. The van der Waals surface area contributed by atoms with Crippen LogP contribution >= 0.6 is 0 Å². The second kappa shape index (κ2) is 8.38. The van der Waals surface area contributed by atoms with E-state index >= 15 is 0 Å². The molecule has 0 aliphatic carbocycles. The molecule has 2 heterocycles. The number of aryl methyl sites for hydroxylation is 1. The number of fused-ring (bicyclic) bond motifs is 1. The highest BCUT2D eigenvalue weighted by Crippen LogP contribution is 2.30. The summed E-state index contributed by atoms with van der Waals surface area (Å²) >= 11 is 0. The van der Waals surface area contributed by atoms with Crippen LogP contribution in [0.4, 0.5) is 5.69 Å². The van der Waals surface area contributed by atoms with Gasteiger partial charge in [0.15, 0.2) is 11.5 Å². The van der Waals surface area contributed by atoms with Crippen LogP contribution < -0.4 is 14.4 Å². The summed E-state index contributed by atoms with van der Waals surface area (Å²) in [6.45, 7) is 6.61. The molecule has 0 aromatic heterocycles. The summed E-state index contributed by atoms with van der Waals surface area (Å²) in [6.07, 6.45) is 4.39. The first kappa shape index (κ1) is 18.4. The fourth-order valence-electron chi connectivity index (χ4n) is 3.57. The zero-order valence-electron chi connectivity index (χ0n) is 16.3. The molecule has 2 aliphatic heterocycles. The van der Waals surface area contributed by atoms with Crippen molar-refractivity contribution in [3.63, 3.8) is 0 Å². The quantitative estimate of drug-likeness (QED) is 0.767. The van der Waals surface area contributed by atoms with Gasteiger partial charge in [-0.15, -0.1) is 0 Å². The lowest BCUT2D eigenvalue weighted by Crippen LogP contribution is -2.48. The van der Waals surface area contributed by atoms with Crippen LogP contribution in [0.15, 0.2) is 48.5 Å². The van der Waals surface area contributed by atoms with E-state index in [9.17, 15) is 4.79 Å². The predicted octanol–water partition coefficient (Wildman–Crippen LogP) is 3.52. The Hall–Kier alpha value is -2.95. The molecular formula is C23H26N2O3. The molecule has 0 N–H and O–H groups in total. The van der Waals surface area contributed by atoms with Crippen LogP contribution in [0.3, 0.4) is 0 Å². The average molecular weight is 378 g/mol. The molecule has 5 heteroatoms. The zero-order valence-corrected chi connectivity index (χ0v) is 16.3. The first-order chi connectivity index (χ1) is 13.7. The van der Waals surface area contributed by atoms with Gasteiger partial charge in [-0.3, -0.25) is 4.79 Å². The maximum Gasteiger partial charge on any atom is 0.246 e. The smallest absolute Gasteiger partial charge is 0.246 e. The van der Waals surface area contributed by atoms with Crippen LogP contribution in [0.1, 0.15) is 17.5 Å². The van der Waals surface area contributed by atoms with Gasteiger partial charge in [0, 0.05) is 44.4 Å². The molecule has 2 aromatic carbocycles. The van der Waals surface area contributed by atoms with Crippen molar-refractivity contribution >= 4 is 17.7 Å². The van der Waals surface area contributed by atoms with E-state index < -0.39 is 0 Å². The lowest BCUT2D eigenvalue weighted by atomic mass is 10.1. The maximum absolute atomic E-state index is 12.6. The lowest BCUT2D eigenvalue weighted by Gasteiger charge is -2.35. The highest BCUT2D eigenvalue weighted by molar-refractivity contribution is 5.92. The van der Waals surface area contributed by atoms with Gasteiger partial charge in [-0.25, -0.2) is 0 Å². The third kappa shape index (κ3) is 4.30. The number of nitrogens with zero attached hydrogens (tertiary/aromatic N) is 2. The average Bonchev–Trinajstić information content (AvgIpc) is 2.97. The van der Waals surface area contributed by atoms with Crippen molar-refractivity contribution < 1.29 is 14.3 Å². The minimum absolute atomic E-state index is 0.0519. The number of rotatable bonds is 3. The molecule has 146 valence electrons. The van der Waals surface area contributed by atoms with E-state index in [0.29, 0.717) is 13.2 Å². The first-order valence-corrected chi connectivity index (χ1v) is 9.87. The third-order valence-corrected chi connectivity index (χ3v) is 5.15. The molecule has 0 saturated carbocycles. The third-order valence-electron chi connectivity index (χ3n) is 5.15. The fourth-order valence-corrected chi connectivity index (χ4v) is 3.57. The standard InChI is InChI=1S/C23H26N2O3/c1-18-4-2-5-20(16-18)24-10-12-25(13-11-24)23(26)9-7-19-6-8-21-22(17-19)28-15-3-14-27-21/h2,4-9,16-17H,3,10-15H2,1H3. The maximum atomic E-state index is 12.6. The van der Waals surface area contributed by atoms with Crippen LogP contribution in [0.25, 0.3) is 6.08 Å². The Bertz CT molecular complexity index is 870. The summed E-state index contributed by atoms with van der Waals surface area (Å²) in [7, 11) is 0. The number of carbonyl (C=O) groups is 1. The molecule has 1 amide bonds. The van der Waals surface area contributed by atoms with Gasteiger partial charge in [0.2, 0.25) is 5.91 Å². The highest BCUT2D eigenvalue weighted by atomic mass is 16.5. The van der Waals surface area contributed by atoms with Crippen molar-refractivity contribution in [3.05, 3.63) is 59.7 Å². The fraction of sp³-hybridized carbons (Fsp3) is 0.348. The Balaban J connectivity index is 1.35. The monoisotopic (exact) mass is 378 g/mol. The zero-order chi connectivity index (χ0) is 19.3. The molecular weight excluding hydrogens is 352 g/mol. The Kier molecular flexibility index (Phi) is 5.51. The molecule has 5 nitrogen and oxygen atoms in total. The van der Waals surface area contributed by atoms with Crippen LogP contribution in [-0.4, -0.2) is 50.2 Å². The second-order valence-corrected chi connectivity index (χ2v) is 7.24. The number of hydrogen-bond acceptors (Lipinski definition) is 4. The number of hydrogen-bond donors (Lipinski definition) is 0. The molecule has 1 fully saturated rings. The van der Waals surface area contributed by atoms with Crippen molar-refractivity contribution in [2.24, 2.45) is 0 Å². The van der Waals surface area contributed by atoms with Crippen LogP contribution in [0.5, 0.6) is 11.5 Å². The Morgan fingerprint density at radius 2 is 1.75 bits per heavy atom. The summed E-state index contributed by atoms with van der Waals surface area (Å²) < 4.78 is 11.4. The van der Waals surface area contributed by atoms with Crippen molar-refractivity contribution in [1.29, 1.82) is 0 Å². The van der Waals surface area contributed by atoms with Crippen molar-refractivity contribution in [2.45, 2.75) is 13.3 Å². The van der Waals surface area contributed by atoms with E-state index in [0.717, 1.165) is 49.7 Å². The molecule has 0 spiro atoms. The van der Waals surface area contributed by atoms with Gasteiger partial charge in [-0.1, -0.05) is 18.2 Å². The Labute approximate surface area is 166 Å². The van der Waals surface area contributed by atoms with Gasteiger partial charge in [0.05, 0.1) is 13.2 Å². The number of benzene rings is 2. The minimum Gasteiger partial charge on any atom is -0.490 e. The molecule has 0 radical (unpaired) electrons. The van der Waals surface area contributed by atoms with E-state index in [1.54, 1.807) is 6.08 Å². The van der Waals surface area contributed by atoms with Gasteiger partial charge in [0.25, 0.3) is 0 Å². The van der Waals surface area contributed by atoms with Gasteiger partial charge < -0.3 is 19.3 Å². The molecule has 0 bridgehead atoms. The highest BCUT2D eigenvalue weighted by Gasteiger charge is 2.20. The Morgan fingerprint density at radius 3 is 2.54 bits per heavy atom. The summed E-state index contributed by atoms with van der Waals surface area (Å²) in [6, 6.07) is 14.3. The van der Waals surface area contributed by atoms with E-state index in [4.69, 9.17) is 9.47 Å². The number of carbonyl (C=O) groups excluding carboxylic acids is 1. The molecule has 2 aromatic rings. The van der Waals surface area contributed by atoms with Crippen molar-refractivity contribution in [1.82, 2.24) is 4.90 Å². The number of ether oxygens (including phenoxy) is 2. The largest absolute Gasteiger partial charge is 0.490 e. The number of anilines is 1. The topological polar surface area (TPSA) is 42.0 Å². The summed E-state index contributed by atoms with van der Waals surface area (Å²) in [5, 5.41) is 0. The van der Waals surface area contributed by atoms with Crippen LogP contribution in [0.2, 0.25) is 0 Å². The summed E-state index contributed by atoms with van der Waals surface area (Å²) in [5.74, 6) is 1.57. The molecule has 0 atom stereocenters.